The van der Waals surface area contributed by atoms with Crippen LogP contribution in [0.4, 0.5) is 0 Å². The van der Waals surface area contributed by atoms with Gasteiger partial charge in [-0.3, -0.25) is 0 Å². The van der Waals surface area contributed by atoms with Gasteiger partial charge in [0, 0.05) is 0 Å². The van der Waals surface area contributed by atoms with Crippen molar-refractivity contribution in [1.82, 2.24) is 0 Å². The third kappa shape index (κ3) is 3.67. The van der Waals surface area contributed by atoms with Crippen molar-refractivity contribution in [3.05, 3.63) is 77.4 Å². The van der Waals surface area contributed by atoms with Gasteiger partial charge in [0.2, 0.25) is 0 Å². The van der Waals surface area contributed by atoms with Gasteiger partial charge in [-0.25, -0.2) is 0 Å². The molecule has 1 fully saturated rings. The first-order chi connectivity index (χ1) is 10.4. The van der Waals surface area contributed by atoms with Crippen molar-refractivity contribution in [1.29, 1.82) is 0 Å². The number of hydrogen-bond acceptors (Lipinski definition) is 0. The molecule has 0 saturated carbocycles. The molecule has 3 rings (SSSR count). The Morgan fingerprint density at radius 3 is 2.57 bits per heavy atom. The van der Waals surface area contributed by atoms with E-state index in [1.165, 1.54) is 41.3 Å². The fraction of sp³-hybridized carbons (Fsp3) is 0.300. The molecule has 108 valence electrons. The Labute approximate surface area is 134 Å². The molecule has 0 aromatic heterocycles. The number of benzene rings is 2. The third-order valence-electron chi connectivity index (χ3n) is 4.19. The van der Waals surface area contributed by atoms with E-state index in [0.29, 0.717) is 0 Å². The molecule has 0 spiro atoms. The van der Waals surface area contributed by atoms with Crippen LogP contribution in [-0.2, 0) is 6.42 Å². The van der Waals surface area contributed by atoms with Gasteiger partial charge >= 0.3 is 134 Å². The van der Waals surface area contributed by atoms with Gasteiger partial charge in [-0.2, -0.15) is 0 Å². The Hall–Kier alpha value is -1.30. The van der Waals surface area contributed by atoms with Crippen LogP contribution in [0, 0.1) is 0 Å². The molecule has 1 heterocycles. The fourth-order valence-corrected chi connectivity index (χ4v) is 5.92. The van der Waals surface area contributed by atoms with Crippen LogP contribution >= 0.6 is 0 Å². The molecule has 0 aliphatic carbocycles. The second kappa shape index (κ2) is 7.11. The molecular weight excluding hydrogens is 319 g/mol. The Kier molecular flexibility index (Phi) is 4.95. The number of rotatable bonds is 4. The monoisotopic (exact) mass is 342 g/mol. The zero-order valence-electron chi connectivity index (χ0n) is 12.4. The van der Waals surface area contributed by atoms with Crippen LogP contribution < -0.4 is 0 Å². The van der Waals surface area contributed by atoms with Crippen LogP contribution in [0.25, 0.3) is 6.08 Å². The summed E-state index contributed by atoms with van der Waals surface area (Å²) in [6, 6.07) is 17.9. The van der Waals surface area contributed by atoms with Crippen LogP contribution in [-0.4, -0.2) is 15.0 Å². The zero-order valence-corrected chi connectivity index (χ0v) is 14.1. The minimum atomic E-state index is 0.793. The molecule has 1 atom stereocenters. The standard InChI is InChI=1S/C20H22Se/c1-2-16-10-12-17(13-11-16)15-18-7-3-4-8-19(18)20-9-5-6-14-21-20/h2-4,7-8,10-13,20H,1,5-6,9,14-15H2. The molecule has 1 aliphatic rings. The van der Waals surface area contributed by atoms with Gasteiger partial charge in [0.25, 0.3) is 0 Å². The summed E-state index contributed by atoms with van der Waals surface area (Å²) in [6.07, 6.45) is 7.21. The Morgan fingerprint density at radius 1 is 1.05 bits per heavy atom. The van der Waals surface area contributed by atoms with E-state index >= 15 is 0 Å². The van der Waals surface area contributed by atoms with Crippen molar-refractivity contribution in [2.24, 2.45) is 0 Å². The van der Waals surface area contributed by atoms with Gasteiger partial charge in [0.1, 0.15) is 0 Å². The van der Waals surface area contributed by atoms with Crippen LogP contribution in [0.15, 0.2) is 55.1 Å². The van der Waals surface area contributed by atoms with Crippen molar-refractivity contribution in [2.45, 2.75) is 35.8 Å². The minimum absolute atomic E-state index is 0.793. The van der Waals surface area contributed by atoms with E-state index in [1.54, 1.807) is 5.56 Å². The van der Waals surface area contributed by atoms with Gasteiger partial charge in [-0.1, -0.05) is 0 Å². The van der Waals surface area contributed by atoms with Crippen molar-refractivity contribution in [3.8, 4) is 0 Å². The fourth-order valence-electron chi connectivity index (χ4n) is 2.99. The molecule has 1 saturated heterocycles. The van der Waals surface area contributed by atoms with E-state index in [4.69, 9.17) is 0 Å². The third-order valence-corrected chi connectivity index (χ3v) is 7.16. The van der Waals surface area contributed by atoms with Crippen LogP contribution in [0.5, 0.6) is 0 Å². The summed E-state index contributed by atoms with van der Waals surface area (Å²) in [5.74, 6) is 0. The first-order valence-corrected chi connectivity index (χ1v) is 9.97. The molecule has 0 nitrogen and oxygen atoms in total. The molecule has 21 heavy (non-hydrogen) atoms. The Morgan fingerprint density at radius 2 is 1.86 bits per heavy atom. The maximum atomic E-state index is 3.82. The quantitative estimate of drug-likeness (QED) is 0.665. The van der Waals surface area contributed by atoms with E-state index in [9.17, 15) is 0 Å². The Bertz CT molecular complexity index is 591. The summed E-state index contributed by atoms with van der Waals surface area (Å²) in [4.78, 5) is 0.842. The first kappa shape index (κ1) is 14.6. The second-order valence-corrected chi connectivity index (χ2v) is 8.43. The van der Waals surface area contributed by atoms with Gasteiger partial charge in [0.15, 0.2) is 0 Å². The van der Waals surface area contributed by atoms with Gasteiger partial charge in [-0.05, 0) is 0 Å². The molecule has 2 aromatic carbocycles. The summed E-state index contributed by atoms with van der Waals surface area (Å²) in [6.45, 7) is 3.82. The molecular formula is C20H22Se. The number of hydrogen-bond donors (Lipinski definition) is 0. The van der Waals surface area contributed by atoms with Crippen molar-refractivity contribution < 1.29 is 0 Å². The van der Waals surface area contributed by atoms with Gasteiger partial charge in [0.05, 0.1) is 0 Å². The van der Waals surface area contributed by atoms with E-state index in [1.807, 2.05) is 6.08 Å². The second-order valence-electron chi connectivity index (χ2n) is 5.68. The van der Waals surface area contributed by atoms with Crippen molar-refractivity contribution >= 4 is 21.0 Å². The van der Waals surface area contributed by atoms with Crippen LogP contribution in [0.3, 0.4) is 0 Å². The molecule has 1 aliphatic heterocycles. The Balaban J connectivity index is 1.82. The van der Waals surface area contributed by atoms with Crippen LogP contribution in [0.1, 0.15) is 46.3 Å². The van der Waals surface area contributed by atoms with Gasteiger partial charge in [-0.15, -0.1) is 0 Å². The first-order valence-electron chi connectivity index (χ1n) is 7.77. The molecule has 0 N–H and O–H groups in total. The molecule has 1 heteroatoms. The molecule has 2 aromatic rings. The van der Waals surface area contributed by atoms with E-state index < -0.39 is 0 Å². The van der Waals surface area contributed by atoms with E-state index in [0.717, 1.165) is 26.2 Å². The predicted octanol–water partition coefficient (Wildman–Crippen LogP) is 5.27. The predicted molar refractivity (Wildman–Crippen MR) is 92.9 cm³/mol. The molecule has 0 amide bonds. The summed E-state index contributed by atoms with van der Waals surface area (Å²) >= 11 is 0.793. The summed E-state index contributed by atoms with van der Waals surface area (Å²) in [7, 11) is 0. The van der Waals surface area contributed by atoms with E-state index in [2.05, 4.69) is 55.1 Å². The molecule has 0 bridgehead atoms. The molecule has 1 unspecified atom stereocenters. The normalized spacial score (nSPS) is 18.4. The maximum absolute atomic E-state index is 3.82. The summed E-state index contributed by atoms with van der Waals surface area (Å²) in [5, 5.41) is 1.46. The van der Waals surface area contributed by atoms with E-state index in [-0.39, 0.29) is 0 Å². The average molecular weight is 341 g/mol. The van der Waals surface area contributed by atoms with Gasteiger partial charge < -0.3 is 0 Å². The van der Waals surface area contributed by atoms with Crippen LogP contribution in [0.2, 0.25) is 5.32 Å². The SMILES string of the molecule is C=Cc1ccc(Cc2ccccc2C2CCCC[Se]2)cc1. The molecule has 0 radical (unpaired) electrons. The topological polar surface area (TPSA) is 0 Å². The zero-order chi connectivity index (χ0) is 14.5. The summed E-state index contributed by atoms with van der Waals surface area (Å²) in [5.41, 5.74) is 5.74. The van der Waals surface area contributed by atoms with Crippen molar-refractivity contribution in [3.63, 3.8) is 0 Å². The summed E-state index contributed by atoms with van der Waals surface area (Å²) < 4.78 is 0. The average Bonchev–Trinajstić information content (AvgIpc) is 2.57. The van der Waals surface area contributed by atoms with Crippen molar-refractivity contribution in [2.75, 3.05) is 0 Å².